The van der Waals surface area contributed by atoms with Crippen molar-refractivity contribution in [1.82, 2.24) is 29.6 Å². The van der Waals surface area contributed by atoms with Crippen LogP contribution in [0.5, 0.6) is 11.5 Å². The van der Waals surface area contributed by atoms with Crippen LogP contribution in [-0.4, -0.2) is 113 Å². The van der Waals surface area contributed by atoms with Gasteiger partial charge in [0, 0.05) is 69.1 Å². The molecule has 63 heavy (non-hydrogen) atoms. The molecule has 0 radical (unpaired) electrons. The number of pyridine rings is 2. The highest BCUT2D eigenvalue weighted by Crippen LogP contribution is 2.51. The Kier molecular flexibility index (Phi) is 11.4. The summed E-state index contributed by atoms with van der Waals surface area (Å²) in [4.78, 5) is 76.4. The van der Waals surface area contributed by atoms with Crippen molar-refractivity contribution in [3.8, 4) is 22.6 Å². The normalized spacial score (nSPS) is 21.4. The van der Waals surface area contributed by atoms with Crippen LogP contribution in [-0.2, 0) is 29.6 Å². The van der Waals surface area contributed by atoms with Crippen LogP contribution >= 0.6 is 0 Å². The number of rotatable bonds is 11. The topological polar surface area (TPSA) is 147 Å². The van der Waals surface area contributed by atoms with E-state index in [1.54, 1.807) is 43.1 Å². The number of carbonyl (C=O) groups excluding carboxylic acids is 4. The standard InChI is InChI=1S/C49H59N7O7/c1-7-30-20-32(39-27-53(5)46(59)38-26-50-43(52(3)4)23-36(38)39)21-42(62-6)40(30)28-54-16-12-31(13-17-54)29(2)55-18-14-49(15-19-55)24-34(25-49)63-33-8-9-35-37(22-33)48(61)56(47(35)60)41-10-11-44(57)51-45(41)58/h8-9,20-23,26-27,29,31,34,41H,7,10-19,24-25,28H2,1-6H3,(H,51,57,58). The summed E-state index contributed by atoms with van der Waals surface area (Å²) < 4.78 is 14.1. The van der Waals surface area contributed by atoms with E-state index < -0.39 is 29.7 Å². The summed E-state index contributed by atoms with van der Waals surface area (Å²) in [6.45, 7) is 9.72. The first kappa shape index (κ1) is 42.7. The number of benzene rings is 2. The van der Waals surface area contributed by atoms with E-state index in [4.69, 9.17) is 9.47 Å². The number of fused-ring (bicyclic) bond motifs is 2. The van der Waals surface area contributed by atoms with E-state index in [0.29, 0.717) is 23.1 Å². The third kappa shape index (κ3) is 7.89. The molecule has 1 N–H and O–H groups in total. The number of piperidine rings is 3. The molecule has 3 saturated heterocycles. The molecule has 0 bridgehead atoms. The Balaban J connectivity index is 0.777. The first-order valence-corrected chi connectivity index (χ1v) is 22.6. The summed E-state index contributed by atoms with van der Waals surface area (Å²) in [5.41, 5.74) is 5.22. The average molecular weight is 858 g/mol. The lowest BCUT2D eigenvalue weighted by molar-refractivity contribution is -0.136. The fourth-order valence-corrected chi connectivity index (χ4v) is 11.0. The zero-order valence-electron chi connectivity index (χ0n) is 37.4. The minimum absolute atomic E-state index is 0.0557. The molecule has 1 spiro atoms. The Hall–Kier alpha value is -5.60. The molecule has 14 heteroatoms. The molecule has 4 aliphatic heterocycles. The molecule has 2 aromatic heterocycles. The summed E-state index contributed by atoms with van der Waals surface area (Å²) in [5.74, 6) is 0.849. The largest absolute Gasteiger partial charge is 0.496 e. The highest BCUT2D eigenvalue weighted by Gasteiger charge is 2.49. The van der Waals surface area contributed by atoms with E-state index in [1.807, 2.05) is 31.3 Å². The van der Waals surface area contributed by atoms with Gasteiger partial charge in [0.05, 0.1) is 29.7 Å². The lowest BCUT2D eigenvalue weighted by Crippen LogP contribution is -2.54. The van der Waals surface area contributed by atoms with Crippen molar-refractivity contribution in [3.63, 3.8) is 0 Å². The number of ether oxygens (including phenoxy) is 2. The fourth-order valence-electron chi connectivity index (χ4n) is 11.0. The number of methoxy groups -OCH3 is 1. The number of aryl methyl sites for hydroxylation is 2. The molecule has 2 unspecified atom stereocenters. The second kappa shape index (κ2) is 16.8. The van der Waals surface area contributed by atoms with Gasteiger partial charge in [0.2, 0.25) is 11.8 Å². The van der Waals surface area contributed by atoms with Crippen LogP contribution in [0.25, 0.3) is 21.9 Å². The van der Waals surface area contributed by atoms with Crippen molar-refractivity contribution in [3.05, 3.63) is 81.4 Å². The van der Waals surface area contributed by atoms with Crippen molar-refractivity contribution in [2.24, 2.45) is 18.4 Å². The Labute approximate surface area is 368 Å². The van der Waals surface area contributed by atoms with Crippen LogP contribution < -0.4 is 25.2 Å². The third-order valence-corrected chi connectivity index (χ3v) is 14.9. The smallest absolute Gasteiger partial charge is 0.262 e. The minimum atomic E-state index is -0.985. The van der Waals surface area contributed by atoms with Crippen molar-refractivity contribution in [2.75, 3.05) is 52.3 Å². The number of hydrogen-bond acceptors (Lipinski definition) is 11. The van der Waals surface area contributed by atoms with Gasteiger partial charge in [0.25, 0.3) is 17.4 Å². The molecule has 4 fully saturated rings. The number of amides is 4. The minimum Gasteiger partial charge on any atom is -0.496 e. The van der Waals surface area contributed by atoms with Gasteiger partial charge in [-0.15, -0.1) is 0 Å². The van der Waals surface area contributed by atoms with Crippen molar-refractivity contribution < 1.29 is 28.7 Å². The number of carbonyl (C=O) groups is 4. The molecule has 9 rings (SSSR count). The van der Waals surface area contributed by atoms with Gasteiger partial charge in [-0.1, -0.05) is 13.0 Å². The Morgan fingerprint density at radius 1 is 0.905 bits per heavy atom. The molecule has 1 aliphatic carbocycles. The van der Waals surface area contributed by atoms with E-state index in [2.05, 4.69) is 46.1 Å². The van der Waals surface area contributed by atoms with Crippen LogP contribution in [0.1, 0.15) is 97.1 Å². The quantitative estimate of drug-likeness (QED) is 0.189. The first-order valence-electron chi connectivity index (χ1n) is 22.6. The molecular weight excluding hydrogens is 799 g/mol. The van der Waals surface area contributed by atoms with Gasteiger partial charge >= 0.3 is 0 Å². The second-order valence-electron chi connectivity index (χ2n) is 18.8. The lowest BCUT2D eigenvalue weighted by atomic mass is 9.61. The van der Waals surface area contributed by atoms with E-state index in [1.165, 1.54) is 11.1 Å². The van der Waals surface area contributed by atoms with Crippen molar-refractivity contribution in [2.45, 2.75) is 96.4 Å². The van der Waals surface area contributed by atoms with Gasteiger partial charge in [0.15, 0.2) is 0 Å². The van der Waals surface area contributed by atoms with E-state index in [-0.39, 0.29) is 41.0 Å². The number of nitrogens with one attached hydrogen (secondary N) is 1. The molecule has 2 atom stereocenters. The Bertz CT molecular complexity index is 2520. The molecule has 2 aromatic carbocycles. The summed E-state index contributed by atoms with van der Waals surface area (Å²) in [6.07, 6.45) is 11.3. The van der Waals surface area contributed by atoms with Crippen LogP contribution in [0.4, 0.5) is 5.82 Å². The fraction of sp³-hybridized carbons (Fsp3) is 0.510. The molecule has 5 aliphatic rings. The van der Waals surface area contributed by atoms with Gasteiger partial charge in [-0.25, -0.2) is 4.98 Å². The van der Waals surface area contributed by atoms with E-state index in [0.717, 1.165) is 111 Å². The van der Waals surface area contributed by atoms with Gasteiger partial charge in [0.1, 0.15) is 23.4 Å². The van der Waals surface area contributed by atoms with Crippen LogP contribution in [0.2, 0.25) is 0 Å². The zero-order valence-corrected chi connectivity index (χ0v) is 37.4. The molecular formula is C49H59N7O7. The first-order chi connectivity index (χ1) is 30.3. The molecule has 4 aromatic rings. The zero-order chi connectivity index (χ0) is 44.3. The van der Waals surface area contributed by atoms with E-state index >= 15 is 0 Å². The van der Waals surface area contributed by atoms with Gasteiger partial charge in [-0.2, -0.15) is 0 Å². The summed E-state index contributed by atoms with van der Waals surface area (Å²) in [7, 11) is 7.46. The third-order valence-electron chi connectivity index (χ3n) is 14.9. The lowest BCUT2D eigenvalue weighted by Gasteiger charge is -2.53. The van der Waals surface area contributed by atoms with Gasteiger partial charge in [-0.3, -0.25) is 39.1 Å². The summed E-state index contributed by atoms with van der Waals surface area (Å²) in [5, 5.41) is 3.73. The number of anilines is 1. The van der Waals surface area contributed by atoms with Crippen molar-refractivity contribution >= 4 is 40.2 Å². The molecule has 332 valence electrons. The number of aromatic nitrogens is 2. The molecule has 1 saturated carbocycles. The number of likely N-dealkylation sites (tertiary alicyclic amines) is 2. The second-order valence-corrected chi connectivity index (χ2v) is 18.8. The molecule has 6 heterocycles. The molecule has 4 amide bonds. The predicted molar refractivity (Wildman–Crippen MR) is 240 cm³/mol. The average Bonchev–Trinajstić information content (AvgIpc) is 3.51. The van der Waals surface area contributed by atoms with Gasteiger partial charge in [-0.05, 0) is 137 Å². The number of hydrogen-bond donors (Lipinski definition) is 1. The summed E-state index contributed by atoms with van der Waals surface area (Å²) >= 11 is 0. The van der Waals surface area contributed by atoms with Gasteiger partial charge < -0.3 is 23.8 Å². The SMILES string of the molecule is CCc1cc(-c2cn(C)c(=O)c3cnc(N(C)C)cc23)cc(OC)c1CN1CCC(C(C)N2CCC3(CC2)CC(Oc2ccc4c(c2)C(=O)N(C2CCC(=O)NC2=O)C4=O)C3)CC1. The van der Waals surface area contributed by atoms with E-state index in [9.17, 15) is 24.0 Å². The maximum Gasteiger partial charge on any atom is 0.262 e. The van der Waals surface area contributed by atoms with Crippen LogP contribution in [0, 0.1) is 11.3 Å². The number of imide groups is 2. The number of nitrogens with zero attached hydrogens (tertiary/aromatic N) is 6. The highest BCUT2D eigenvalue weighted by atomic mass is 16.5. The molecule has 14 nitrogen and oxygen atoms in total. The van der Waals surface area contributed by atoms with Crippen LogP contribution in [0.15, 0.2) is 53.6 Å². The predicted octanol–water partition coefficient (Wildman–Crippen LogP) is 5.56. The maximum atomic E-state index is 13.3. The summed E-state index contributed by atoms with van der Waals surface area (Å²) in [6, 6.07) is 10.9. The Morgan fingerprint density at radius 3 is 2.32 bits per heavy atom. The monoisotopic (exact) mass is 857 g/mol. The Morgan fingerprint density at radius 2 is 1.63 bits per heavy atom. The van der Waals surface area contributed by atoms with Crippen molar-refractivity contribution in [1.29, 1.82) is 0 Å². The maximum absolute atomic E-state index is 13.3. The highest BCUT2D eigenvalue weighted by molar-refractivity contribution is 6.23. The van der Waals surface area contributed by atoms with Crippen LogP contribution in [0.3, 0.4) is 0 Å².